The third-order valence-electron chi connectivity index (χ3n) is 2.40. The van der Waals surface area contributed by atoms with Gasteiger partial charge in [0.15, 0.2) is 0 Å². The number of urea groups is 1. The van der Waals surface area contributed by atoms with Gasteiger partial charge in [0, 0.05) is 16.3 Å². The summed E-state index contributed by atoms with van der Waals surface area (Å²) in [6.45, 7) is 1.94. The highest BCUT2D eigenvalue weighted by molar-refractivity contribution is 7.97. The van der Waals surface area contributed by atoms with E-state index in [2.05, 4.69) is 15.2 Å². The molecule has 1 aromatic carbocycles. The van der Waals surface area contributed by atoms with Gasteiger partial charge in [-0.05, 0) is 36.2 Å². The lowest BCUT2D eigenvalue weighted by atomic mass is 10.2. The zero-order chi connectivity index (χ0) is 15.1. The summed E-state index contributed by atoms with van der Waals surface area (Å²) in [5, 5.41) is 4.44. The molecule has 7 heteroatoms. The number of rotatable bonds is 5. The molecule has 2 amide bonds. The molecule has 0 unspecified atom stereocenters. The highest BCUT2D eigenvalue weighted by atomic mass is 35.5. The van der Waals surface area contributed by atoms with Crippen LogP contribution in [0.1, 0.15) is 12.7 Å². The van der Waals surface area contributed by atoms with E-state index in [4.69, 9.17) is 16.0 Å². The minimum atomic E-state index is -0.375. The second-order valence-corrected chi connectivity index (χ2v) is 5.45. The summed E-state index contributed by atoms with van der Waals surface area (Å²) >= 11 is 7.23. The van der Waals surface area contributed by atoms with Crippen LogP contribution < -0.4 is 10.1 Å². The second kappa shape index (κ2) is 7.75. The first-order chi connectivity index (χ1) is 10.2. The third-order valence-corrected chi connectivity index (χ3v) is 3.26. The summed E-state index contributed by atoms with van der Waals surface area (Å²) in [5.74, 6) is 2.01. The van der Waals surface area contributed by atoms with Gasteiger partial charge in [0.25, 0.3) is 0 Å². The van der Waals surface area contributed by atoms with Gasteiger partial charge in [0.2, 0.25) is 0 Å². The number of hydrogen-bond acceptors (Lipinski definition) is 4. The van der Waals surface area contributed by atoms with Crippen LogP contribution in [0.25, 0.3) is 11.3 Å². The zero-order valence-electron chi connectivity index (χ0n) is 11.3. The van der Waals surface area contributed by atoms with Crippen LogP contribution in [-0.2, 0) is 0 Å². The molecule has 0 radical (unpaired) electrons. The van der Waals surface area contributed by atoms with Crippen LogP contribution in [0.15, 0.2) is 45.9 Å². The highest BCUT2D eigenvalue weighted by Gasteiger charge is 2.04. The van der Waals surface area contributed by atoms with Crippen LogP contribution in [0, 0.1) is 0 Å². The predicted molar refractivity (Wildman–Crippen MR) is 86.5 cm³/mol. The molecule has 0 bridgehead atoms. The molecular formula is C14H14ClN3O2S. The smallest absolute Gasteiger partial charge is 0.345 e. The van der Waals surface area contributed by atoms with E-state index in [1.165, 1.54) is 18.2 Å². The van der Waals surface area contributed by atoms with Crippen molar-refractivity contribution in [2.45, 2.75) is 6.92 Å². The number of amides is 2. The second-order valence-electron chi connectivity index (χ2n) is 3.95. The quantitative estimate of drug-likeness (QED) is 0.498. The summed E-state index contributed by atoms with van der Waals surface area (Å²) < 4.78 is 8.17. The van der Waals surface area contributed by atoms with Crippen molar-refractivity contribution in [3.05, 3.63) is 47.2 Å². The number of furan rings is 1. The van der Waals surface area contributed by atoms with E-state index >= 15 is 0 Å². The van der Waals surface area contributed by atoms with Crippen LogP contribution in [0.5, 0.6) is 0 Å². The SMILES string of the molecule is CCSNC(=O)N/N=C/c1ccc(-c2cccc(Cl)c2)o1. The first kappa shape index (κ1) is 15.5. The summed E-state index contributed by atoms with van der Waals surface area (Å²) in [5.41, 5.74) is 3.22. The molecule has 1 heterocycles. The minimum Gasteiger partial charge on any atom is -0.455 e. The highest BCUT2D eigenvalue weighted by Crippen LogP contribution is 2.24. The number of carbonyl (C=O) groups excluding carboxylic acids is 1. The number of hydrogen-bond donors (Lipinski definition) is 2. The molecule has 21 heavy (non-hydrogen) atoms. The van der Waals surface area contributed by atoms with E-state index in [1.54, 1.807) is 12.1 Å². The first-order valence-electron chi connectivity index (χ1n) is 6.25. The maximum Gasteiger partial charge on any atom is 0.345 e. The molecule has 0 aliphatic carbocycles. The number of nitrogens with zero attached hydrogens (tertiary/aromatic N) is 1. The van der Waals surface area contributed by atoms with Crippen molar-refractivity contribution in [1.29, 1.82) is 0 Å². The molecule has 110 valence electrons. The molecular weight excluding hydrogens is 310 g/mol. The maximum absolute atomic E-state index is 11.3. The fraction of sp³-hybridized carbons (Fsp3) is 0.143. The van der Waals surface area contributed by atoms with Crippen molar-refractivity contribution in [2.24, 2.45) is 5.10 Å². The zero-order valence-corrected chi connectivity index (χ0v) is 12.9. The van der Waals surface area contributed by atoms with E-state index < -0.39 is 0 Å². The fourth-order valence-electron chi connectivity index (χ4n) is 1.53. The van der Waals surface area contributed by atoms with Gasteiger partial charge in [0.05, 0.1) is 6.21 Å². The van der Waals surface area contributed by atoms with Crippen LogP contribution in [0.2, 0.25) is 5.02 Å². The average molecular weight is 324 g/mol. The van der Waals surface area contributed by atoms with Gasteiger partial charge in [-0.1, -0.05) is 30.7 Å². The molecule has 0 spiro atoms. The Balaban J connectivity index is 1.96. The molecule has 1 aromatic heterocycles. The molecule has 0 fully saturated rings. The fourth-order valence-corrected chi connectivity index (χ4v) is 2.05. The van der Waals surface area contributed by atoms with Crippen molar-refractivity contribution < 1.29 is 9.21 Å². The number of hydrazone groups is 1. The molecule has 0 aliphatic rings. The average Bonchev–Trinajstić information content (AvgIpc) is 2.94. The molecule has 2 aromatic rings. The van der Waals surface area contributed by atoms with Crippen molar-refractivity contribution in [2.75, 3.05) is 5.75 Å². The van der Waals surface area contributed by atoms with Gasteiger partial charge >= 0.3 is 6.03 Å². The molecule has 0 saturated carbocycles. The van der Waals surface area contributed by atoms with Crippen molar-refractivity contribution in [3.8, 4) is 11.3 Å². The summed E-state index contributed by atoms with van der Waals surface area (Å²) in [6.07, 6.45) is 1.43. The Hall–Kier alpha value is -1.92. The number of benzene rings is 1. The Labute approximate surface area is 131 Å². The largest absolute Gasteiger partial charge is 0.455 e. The van der Waals surface area contributed by atoms with Gasteiger partial charge in [-0.2, -0.15) is 5.10 Å². The predicted octanol–water partition coefficient (Wildman–Crippen LogP) is 3.90. The van der Waals surface area contributed by atoms with E-state index in [0.29, 0.717) is 16.5 Å². The van der Waals surface area contributed by atoms with E-state index in [1.807, 2.05) is 31.2 Å². The third kappa shape index (κ3) is 4.84. The monoisotopic (exact) mass is 323 g/mol. The van der Waals surface area contributed by atoms with Crippen molar-refractivity contribution in [3.63, 3.8) is 0 Å². The Morgan fingerprint density at radius 2 is 2.29 bits per heavy atom. The molecule has 0 atom stereocenters. The van der Waals surface area contributed by atoms with Gasteiger partial charge in [-0.3, -0.25) is 4.72 Å². The summed E-state index contributed by atoms with van der Waals surface area (Å²) in [6, 6.07) is 10.6. The lowest BCUT2D eigenvalue weighted by Crippen LogP contribution is -2.27. The van der Waals surface area contributed by atoms with Gasteiger partial charge in [-0.25, -0.2) is 10.2 Å². The van der Waals surface area contributed by atoms with Crippen molar-refractivity contribution in [1.82, 2.24) is 10.1 Å². The minimum absolute atomic E-state index is 0.375. The lowest BCUT2D eigenvalue weighted by molar-refractivity contribution is 0.247. The standard InChI is InChI=1S/C14H14ClN3O2S/c1-2-21-18-14(19)17-16-9-12-6-7-13(20-12)10-4-3-5-11(15)8-10/h3-9H,2H2,1H3,(H2,17,18,19)/b16-9+. The number of nitrogens with one attached hydrogen (secondary N) is 2. The number of halogens is 1. The van der Waals surface area contributed by atoms with E-state index in [-0.39, 0.29) is 6.03 Å². The van der Waals surface area contributed by atoms with Gasteiger partial charge in [0.1, 0.15) is 11.5 Å². The van der Waals surface area contributed by atoms with Crippen LogP contribution in [0.4, 0.5) is 4.79 Å². The van der Waals surface area contributed by atoms with Crippen molar-refractivity contribution >= 4 is 35.8 Å². The first-order valence-corrected chi connectivity index (χ1v) is 7.62. The van der Waals surface area contributed by atoms with Gasteiger partial charge in [-0.15, -0.1) is 0 Å². The Bertz CT molecular complexity index is 643. The maximum atomic E-state index is 11.3. The summed E-state index contributed by atoms with van der Waals surface area (Å²) in [7, 11) is 0. The Morgan fingerprint density at radius 3 is 3.05 bits per heavy atom. The summed E-state index contributed by atoms with van der Waals surface area (Å²) in [4.78, 5) is 11.3. The normalized spacial score (nSPS) is 10.8. The van der Waals surface area contributed by atoms with Crippen LogP contribution in [0.3, 0.4) is 0 Å². The topological polar surface area (TPSA) is 66.6 Å². The van der Waals surface area contributed by atoms with Gasteiger partial charge < -0.3 is 4.42 Å². The molecule has 5 nitrogen and oxygen atoms in total. The lowest BCUT2D eigenvalue weighted by Gasteiger charge is -1.99. The Morgan fingerprint density at radius 1 is 1.43 bits per heavy atom. The number of carbonyl (C=O) groups is 1. The van der Waals surface area contributed by atoms with Crippen LogP contribution >= 0.6 is 23.5 Å². The van der Waals surface area contributed by atoms with E-state index in [0.717, 1.165) is 11.3 Å². The Kier molecular flexibility index (Phi) is 5.71. The van der Waals surface area contributed by atoms with E-state index in [9.17, 15) is 4.79 Å². The molecule has 2 rings (SSSR count). The molecule has 0 saturated heterocycles. The van der Waals surface area contributed by atoms with Crippen LogP contribution in [-0.4, -0.2) is 18.0 Å². The molecule has 0 aliphatic heterocycles. The molecule has 2 N–H and O–H groups in total.